The lowest BCUT2D eigenvalue weighted by molar-refractivity contribution is 0.0217. The van der Waals surface area contributed by atoms with E-state index in [1.807, 2.05) is 12.1 Å². The molecule has 2 aromatic rings. The van der Waals surface area contributed by atoms with Gasteiger partial charge in [0.25, 0.3) is 5.91 Å². The molecule has 1 amide bonds. The van der Waals surface area contributed by atoms with Crippen LogP contribution in [-0.4, -0.2) is 46.1 Å². The van der Waals surface area contributed by atoms with Crippen molar-refractivity contribution in [3.63, 3.8) is 0 Å². The molecule has 3 saturated heterocycles. The van der Waals surface area contributed by atoms with E-state index >= 15 is 0 Å². The first-order valence-electron chi connectivity index (χ1n) is 8.42. The minimum atomic E-state index is -0.104. The molecule has 6 heteroatoms. The first-order chi connectivity index (χ1) is 11.6. The number of benzene rings is 1. The fourth-order valence-electron chi connectivity index (χ4n) is 3.94. The number of carbonyl (C=O) groups excluding carboxylic acids is 1. The van der Waals surface area contributed by atoms with Crippen LogP contribution in [-0.2, 0) is 0 Å². The fourth-order valence-corrected chi connectivity index (χ4v) is 4.80. The standard InChI is InChI=1S/C18H21N3O2S/c1-11-16(12-6-8-21(11)9-7-12)20-17(23)18-19-10-15(24-18)13-4-2-3-5-14(13)22/h2-5,10-12,16,22H,6-9H2,1H3,(H,20,23). The van der Waals surface area contributed by atoms with Gasteiger partial charge in [-0.15, -0.1) is 11.3 Å². The molecule has 2 N–H and O–H groups in total. The number of piperidine rings is 3. The zero-order valence-corrected chi connectivity index (χ0v) is 14.4. The van der Waals surface area contributed by atoms with Crippen LogP contribution in [0.15, 0.2) is 30.5 Å². The number of hydrogen-bond donors (Lipinski definition) is 2. The average molecular weight is 343 g/mol. The number of thiazole rings is 1. The molecule has 5 nitrogen and oxygen atoms in total. The highest BCUT2D eigenvalue weighted by atomic mass is 32.1. The summed E-state index contributed by atoms with van der Waals surface area (Å²) in [7, 11) is 0. The minimum Gasteiger partial charge on any atom is -0.507 e. The van der Waals surface area contributed by atoms with Crippen molar-refractivity contribution in [2.75, 3.05) is 13.1 Å². The number of para-hydroxylation sites is 1. The number of amides is 1. The predicted molar refractivity (Wildman–Crippen MR) is 94.2 cm³/mol. The first kappa shape index (κ1) is 15.6. The van der Waals surface area contributed by atoms with Gasteiger partial charge in [-0.1, -0.05) is 12.1 Å². The lowest BCUT2D eigenvalue weighted by atomic mass is 9.79. The lowest BCUT2D eigenvalue weighted by Gasteiger charge is -2.49. The second kappa shape index (κ2) is 6.18. The molecular formula is C18H21N3O2S. The Morgan fingerprint density at radius 3 is 2.79 bits per heavy atom. The molecule has 24 heavy (non-hydrogen) atoms. The first-order valence-corrected chi connectivity index (χ1v) is 9.24. The Balaban J connectivity index is 1.51. The third-order valence-electron chi connectivity index (χ3n) is 5.34. The van der Waals surface area contributed by atoms with E-state index in [0.717, 1.165) is 30.8 Å². The second-order valence-corrected chi connectivity index (χ2v) is 7.69. The van der Waals surface area contributed by atoms with Gasteiger partial charge in [0.15, 0.2) is 5.01 Å². The van der Waals surface area contributed by atoms with E-state index in [2.05, 4.69) is 22.1 Å². The number of phenols is 1. The fraction of sp³-hybridized carbons (Fsp3) is 0.444. The summed E-state index contributed by atoms with van der Waals surface area (Å²) < 4.78 is 0. The molecule has 0 spiro atoms. The second-order valence-electron chi connectivity index (χ2n) is 6.66. The zero-order chi connectivity index (χ0) is 16.7. The molecule has 4 heterocycles. The van der Waals surface area contributed by atoms with Crippen LogP contribution in [0.25, 0.3) is 10.4 Å². The van der Waals surface area contributed by atoms with Gasteiger partial charge < -0.3 is 10.4 Å². The molecule has 3 aliphatic rings. The number of aromatic hydroxyl groups is 1. The molecular weight excluding hydrogens is 322 g/mol. The molecule has 5 rings (SSSR count). The number of aromatic nitrogens is 1. The normalized spacial score (nSPS) is 28.7. The summed E-state index contributed by atoms with van der Waals surface area (Å²) in [4.78, 5) is 20.2. The van der Waals surface area contributed by atoms with Crippen molar-refractivity contribution in [2.45, 2.75) is 31.8 Å². The van der Waals surface area contributed by atoms with Gasteiger partial charge in [-0.3, -0.25) is 9.69 Å². The third kappa shape index (κ3) is 2.70. The number of hydrogen-bond acceptors (Lipinski definition) is 5. The highest BCUT2D eigenvalue weighted by Crippen LogP contribution is 2.34. The molecule has 1 aromatic heterocycles. The van der Waals surface area contributed by atoms with Crippen molar-refractivity contribution in [3.05, 3.63) is 35.5 Å². The Bertz CT molecular complexity index is 750. The van der Waals surface area contributed by atoms with Crippen molar-refractivity contribution >= 4 is 17.2 Å². The molecule has 0 aliphatic carbocycles. The minimum absolute atomic E-state index is 0.104. The van der Waals surface area contributed by atoms with Crippen molar-refractivity contribution in [3.8, 4) is 16.2 Å². The molecule has 3 aliphatic heterocycles. The Morgan fingerprint density at radius 2 is 2.08 bits per heavy atom. The van der Waals surface area contributed by atoms with Gasteiger partial charge >= 0.3 is 0 Å². The predicted octanol–water partition coefficient (Wildman–Crippen LogP) is 2.73. The van der Waals surface area contributed by atoms with E-state index in [1.165, 1.54) is 11.3 Å². The Kier molecular flexibility index (Phi) is 4.02. The van der Waals surface area contributed by atoms with E-state index in [4.69, 9.17) is 0 Å². The third-order valence-corrected chi connectivity index (χ3v) is 6.37. The SMILES string of the molecule is CC1C(NC(=O)c2ncc(-c3ccccc3O)s2)C2CCN1CC2. The van der Waals surface area contributed by atoms with Crippen LogP contribution in [0.5, 0.6) is 5.75 Å². The van der Waals surface area contributed by atoms with Gasteiger partial charge in [-0.2, -0.15) is 0 Å². The van der Waals surface area contributed by atoms with Crippen LogP contribution in [0.4, 0.5) is 0 Å². The number of nitrogens with zero attached hydrogens (tertiary/aromatic N) is 2. The molecule has 2 unspecified atom stereocenters. The summed E-state index contributed by atoms with van der Waals surface area (Å²) in [5.74, 6) is 0.679. The highest BCUT2D eigenvalue weighted by Gasteiger charge is 2.40. The van der Waals surface area contributed by atoms with E-state index in [0.29, 0.717) is 22.5 Å². The Morgan fingerprint density at radius 1 is 1.33 bits per heavy atom. The average Bonchev–Trinajstić information content (AvgIpc) is 3.09. The van der Waals surface area contributed by atoms with Crippen molar-refractivity contribution < 1.29 is 9.90 Å². The van der Waals surface area contributed by atoms with Crippen molar-refractivity contribution in [1.82, 2.24) is 15.2 Å². The monoisotopic (exact) mass is 343 g/mol. The summed E-state index contributed by atoms with van der Waals surface area (Å²) >= 11 is 1.32. The number of fused-ring (bicyclic) bond motifs is 3. The number of phenolic OH excluding ortho intramolecular Hbond substituents is 1. The summed E-state index contributed by atoms with van der Waals surface area (Å²) in [5.41, 5.74) is 0.713. The molecule has 3 fully saturated rings. The maximum absolute atomic E-state index is 12.6. The molecule has 1 aromatic carbocycles. The summed E-state index contributed by atoms with van der Waals surface area (Å²) in [6.45, 7) is 4.49. The van der Waals surface area contributed by atoms with Crippen LogP contribution < -0.4 is 5.32 Å². The van der Waals surface area contributed by atoms with Gasteiger partial charge in [-0.05, 0) is 50.9 Å². The molecule has 2 bridgehead atoms. The van der Waals surface area contributed by atoms with Crippen molar-refractivity contribution in [1.29, 1.82) is 0 Å². The summed E-state index contributed by atoms with van der Waals surface area (Å²) in [6.07, 6.45) is 3.99. The van der Waals surface area contributed by atoms with Crippen LogP contribution >= 0.6 is 11.3 Å². The zero-order valence-electron chi connectivity index (χ0n) is 13.6. The maximum Gasteiger partial charge on any atom is 0.280 e. The summed E-state index contributed by atoms with van der Waals surface area (Å²) in [5, 5.41) is 13.6. The number of nitrogens with one attached hydrogen (secondary N) is 1. The van der Waals surface area contributed by atoms with E-state index in [1.54, 1.807) is 18.3 Å². The summed E-state index contributed by atoms with van der Waals surface area (Å²) in [6, 6.07) is 7.71. The molecule has 126 valence electrons. The molecule has 0 radical (unpaired) electrons. The van der Waals surface area contributed by atoms with Crippen LogP contribution in [0.3, 0.4) is 0 Å². The van der Waals surface area contributed by atoms with Gasteiger partial charge in [0.2, 0.25) is 0 Å². The number of rotatable bonds is 3. The largest absolute Gasteiger partial charge is 0.507 e. The van der Waals surface area contributed by atoms with Crippen LogP contribution in [0.2, 0.25) is 0 Å². The lowest BCUT2D eigenvalue weighted by Crippen LogP contribution is -2.62. The maximum atomic E-state index is 12.6. The van der Waals surface area contributed by atoms with Crippen molar-refractivity contribution in [2.24, 2.45) is 5.92 Å². The molecule has 0 saturated carbocycles. The van der Waals surface area contributed by atoms with Gasteiger partial charge in [0.05, 0.1) is 4.88 Å². The van der Waals surface area contributed by atoms with Gasteiger partial charge in [-0.25, -0.2) is 4.98 Å². The highest BCUT2D eigenvalue weighted by molar-refractivity contribution is 7.17. The van der Waals surface area contributed by atoms with Crippen LogP contribution in [0.1, 0.15) is 29.6 Å². The van der Waals surface area contributed by atoms with E-state index in [9.17, 15) is 9.90 Å². The van der Waals surface area contributed by atoms with Gasteiger partial charge in [0, 0.05) is 23.8 Å². The van der Waals surface area contributed by atoms with E-state index < -0.39 is 0 Å². The quantitative estimate of drug-likeness (QED) is 0.899. The van der Waals surface area contributed by atoms with Crippen LogP contribution in [0, 0.1) is 5.92 Å². The Hall–Kier alpha value is -1.92. The number of carbonyl (C=O) groups is 1. The van der Waals surface area contributed by atoms with E-state index in [-0.39, 0.29) is 17.7 Å². The Labute approximate surface area is 145 Å². The topological polar surface area (TPSA) is 65.5 Å². The molecule has 2 atom stereocenters. The van der Waals surface area contributed by atoms with Gasteiger partial charge in [0.1, 0.15) is 5.75 Å². The smallest absolute Gasteiger partial charge is 0.280 e.